The molecular formula is C14H11BrClF2N. The summed E-state index contributed by atoms with van der Waals surface area (Å²) in [6.07, 6.45) is 0.315. The van der Waals surface area contributed by atoms with Gasteiger partial charge in [0.1, 0.15) is 11.6 Å². The molecule has 0 bridgehead atoms. The first-order valence-electron chi connectivity index (χ1n) is 5.63. The zero-order valence-corrected chi connectivity index (χ0v) is 12.2. The summed E-state index contributed by atoms with van der Waals surface area (Å²) in [5.74, 6) is -0.888. The molecule has 0 fully saturated rings. The molecular weight excluding hydrogens is 336 g/mol. The van der Waals surface area contributed by atoms with Gasteiger partial charge in [0, 0.05) is 11.6 Å². The van der Waals surface area contributed by atoms with E-state index in [0.717, 1.165) is 0 Å². The lowest BCUT2D eigenvalue weighted by Gasteiger charge is -2.15. The highest BCUT2D eigenvalue weighted by Gasteiger charge is 2.16. The Labute approximate surface area is 123 Å². The average Bonchev–Trinajstić information content (AvgIpc) is 2.38. The lowest BCUT2D eigenvalue weighted by Crippen LogP contribution is -2.15. The van der Waals surface area contributed by atoms with Crippen molar-refractivity contribution in [1.29, 1.82) is 0 Å². The molecule has 1 atom stereocenters. The van der Waals surface area contributed by atoms with E-state index < -0.39 is 11.9 Å². The molecule has 19 heavy (non-hydrogen) atoms. The summed E-state index contributed by atoms with van der Waals surface area (Å²) in [7, 11) is 0. The summed E-state index contributed by atoms with van der Waals surface area (Å²) in [5.41, 5.74) is 6.98. The predicted molar refractivity (Wildman–Crippen MR) is 76.1 cm³/mol. The molecule has 0 aromatic heterocycles. The Balaban J connectivity index is 2.28. The Hall–Kier alpha value is -0.970. The first-order valence-corrected chi connectivity index (χ1v) is 6.80. The molecule has 0 saturated carbocycles. The maximum Gasteiger partial charge on any atom is 0.146 e. The van der Waals surface area contributed by atoms with E-state index in [1.54, 1.807) is 24.3 Å². The van der Waals surface area contributed by atoms with Gasteiger partial charge in [-0.05, 0) is 40.0 Å². The van der Waals surface area contributed by atoms with E-state index in [2.05, 4.69) is 15.9 Å². The zero-order chi connectivity index (χ0) is 14.0. The second kappa shape index (κ2) is 5.99. The van der Waals surface area contributed by atoms with Gasteiger partial charge >= 0.3 is 0 Å². The van der Waals surface area contributed by atoms with Gasteiger partial charge in [0.15, 0.2) is 0 Å². The highest BCUT2D eigenvalue weighted by Crippen LogP contribution is 2.28. The summed E-state index contributed by atoms with van der Waals surface area (Å²) in [5, 5.41) is 0.0336. The molecule has 0 heterocycles. The minimum absolute atomic E-state index is 0.0336. The molecule has 2 aromatic rings. The Morgan fingerprint density at radius 3 is 2.58 bits per heavy atom. The molecule has 100 valence electrons. The van der Waals surface area contributed by atoms with Crippen LogP contribution in [0.5, 0.6) is 0 Å². The van der Waals surface area contributed by atoms with Gasteiger partial charge in [-0.25, -0.2) is 8.78 Å². The third-order valence-electron chi connectivity index (χ3n) is 2.85. The maximum atomic E-state index is 13.8. The topological polar surface area (TPSA) is 26.0 Å². The van der Waals surface area contributed by atoms with Crippen LogP contribution in [0.4, 0.5) is 8.78 Å². The SMILES string of the molecule is NC(Cc1cccc(F)c1Br)c1cccc(Cl)c1F. The molecule has 2 N–H and O–H groups in total. The highest BCUT2D eigenvalue weighted by atomic mass is 79.9. The molecule has 2 aromatic carbocycles. The Kier molecular flexibility index (Phi) is 4.55. The third-order valence-corrected chi connectivity index (χ3v) is 4.03. The normalized spacial score (nSPS) is 12.5. The standard InChI is InChI=1S/C14H11BrClF2N/c15-13-8(3-1-6-11(13)17)7-12(19)9-4-2-5-10(16)14(9)18/h1-6,12H,7,19H2. The second-order valence-electron chi connectivity index (χ2n) is 4.17. The average molecular weight is 347 g/mol. The molecule has 1 unspecified atom stereocenters. The molecule has 0 aliphatic rings. The molecule has 0 amide bonds. The fraction of sp³-hybridized carbons (Fsp3) is 0.143. The van der Waals surface area contributed by atoms with Gasteiger partial charge in [0.2, 0.25) is 0 Å². The van der Waals surface area contributed by atoms with Crippen LogP contribution in [0.25, 0.3) is 0 Å². The molecule has 1 nitrogen and oxygen atoms in total. The first-order chi connectivity index (χ1) is 9.00. The van der Waals surface area contributed by atoms with Crippen molar-refractivity contribution in [2.75, 3.05) is 0 Å². The quantitative estimate of drug-likeness (QED) is 0.862. The van der Waals surface area contributed by atoms with Crippen molar-refractivity contribution in [2.45, 2.75) is 12.5 Å². The van der Waals surface area contributed by atoms with Crippen molar-refractivity contribution < 1.29 is 8.78 Å². The van der Waals surface area contributed by atoms with Crippen molar-refractivity contribution in [2.24, 2.45) is 5.73 Å². The van der Waals surface area contributed by atoms with E-state index in [9.17, 15) is 8.78 Å². The molecule has 5 heteroatoms. The monoisotopic (exact) mass is 345 g/mol. The van der Waals surface area contributed by atoms with Gasteiger partial charge in [-0.3, -0.25) is 0 Å². The molecule has 0 aliphatic heterocycles. The van der Waals surface area contributed by atoms with Crippen molar-refractivity contribution in [3.8, 4) is 0 Å². The van der Waals surface area contributed by atoms with Crippen LogP contribution in [0, 0.1) is 11.6 Å². The number of rotatable bonds is 3. The summed E-state index contributed by atoms with van der Waals surface area (Å²) >= 11 is 8.88. The van der Waals surface area contributed by atoms with Crippen LogP contribution in [0.3, 0.4) is 0 Å². The molecule has 0 aliphatic carbocycles. The summed E-state index contributed by atoms with van der Waals surface area (Å²) < 4.78 is 27.6. The van der Waals surface area contributed by atoms with Crippen LogP contribution in [0.1, 0.15) is 17.2 Å². The minimum atomic E-state index is -0.586. The van der Waals surface area contributed by atoms with Crippen molar-refractivity contribution in [3.05, 3.63) is 68.7 Å². The number of benzene rings is 2. The zero-order valence-electron chi connectivity index (χ0n) is 9.84. The first kappa shape index (κ1) is 14.4. The Morgan fingerprint density at radius 1 is 1.16 bits per heavy atom. The summed E-state index contributed by atoms with van der Waals surface area (Å²) in [4.78, 5) is 0. The molecule has 0 saturated heterocycles. The van der Waals surface area contributed by atoms with Crippen molar-refractivity contribution in [1.82, 2.24) is 0 Å². The van der Waals surface area contributed by atoms with Gasteiger partial charge in [-0.15, -0.1) is 0 Å². The number of nitrogens with two attached hydrogens (primary N) is 1. The lowest BCUT2D eigenvalue weighted by atomic mass is 9.99. The van der Waals surface area contributed by atoms with E-state index in [1.807, 2.05) is 0 Å². The smallest absolute Gasteiger partial charge is 0.146 e. The van der Waals surface area contributed by atoms with Gasteiger partial charge in [0.25, 0.3) is 0 Å². The lowest BCUT2D eigenvalue weighted by molar-refractivity contribution is 0.577. The van der Waals surface area contributed by atoms with Gasteiger partial charge in [-0.2, -0.15) is 0 Å². The van der Waals surface area contributed by atoms with Crippen LogP contribution < -0.4 is 5.73 Å². The minimum Gasteiger partial charge on any atom is -0.324 e. The van der Waals surface area contributed by atoms with E-state index in [4.69, 9.17) is 17.3 Å². The number of hydrogen-bond acceptors (Lipinski definition) is 1. The second-order valence-corrected chi connectivity index (χ2v) is 5.37. The van der Waals surface area contributed by atoms with E-state index in [0.29, 0.717) is 22.0 Å². The molecule has 2 rings (SSSR count). The largest absolute Gasteiger partial charge is 0.324 e. The summed E-state index contributed by atoms with van der Waals surface area (Å²) in [6, 6.07) is 8.79. The fourth-order valence-corrected chi connectivity index (χ4v) is 2.47. The van der Waals surface area contributed by atoms with Crippen LogP contribution in [-0.4, -0.2) is 0 Å². The molecule has 0 radical (unpaired) electrons. The Morgan fingerprint density at radius 2 is 1.84 bits per heavy atom. The van der Waals surface area contributed by atoms with Crippen molar-refractivity contribution in [3.63, 3.8) is 0 Å². The maximum absolute atomic E-state index is 13.8. The predicted octanol–water partition coefficient (Wildman–Crippen LogP) is 4.62. The molecule has 0 spiro atoms. The highest BCUT2D eigenvalue weighted by molar-refractivity contribution is 9.10. The Bertz CT molecular complexity index is 604. The van der Waals surface area contributed by atoms with Gasteiger partial charge in [0.05, 0.1) is 9.50 Å². The van der Waals surface area contributed by atoms with Crippen LogP contribution in [-0.2, 0) is 6.42 Å². The third kappa shape index (κ3) is 3.14. The van der Waals surface area contributed by atoms with Crippen LogP contribution >= 0.6 is 27.5 Å². The summed E-state index contributed by atoms with van der Waals surface area (Å²) in [6.45, 7) is 0. The number of hydrogen-bond donors (Lipinski definition) is 1. The fourth-order valence-electron chi connectivity index (χ4n) is 1.86. The van der Waals surface area contributed by atoms with Crippen molar-refractivity contribution >= 4 is 27.5 Å². The van der Waals surface area contributed by atoms with E-state index in [-0.39, 0.29) is 10.8 Å². The van der Waals surface area contributed by atoms with Gasteiger partial charge in [-0.1, -0.05) is 35.9 Å². The van der Waals surface area contributed by atoms with E-state index in [1.165, 1.54) is 12.1 Å². The van der Waals surface area contributed by atoms with E-state index >= 15 is 0 Å². The number of halogens is 4. The van der Waals surface area contributed by atoms with Gasteiger partial charge < -0.3 is 5.73 Å². The van der Waals surface area contributed by atoms with Crippen LogP contribution in [0.2, 0.25) is 5.02 Å². The van der Waals surface area contributed by atoms with Crippen LogP contribution in [0.15, 0.2) is 40.9 Å².